The summed E-state index contributed by atoms with van der Waals surface area (Å²) in [6.45, 7) is 4.00. The molecule has 0 radical (unpaired) electrons. The summed E-state index contributed by atoms with van der Waals surface area (Å²) in [5, 5.41) is 2.61. The average molecular weight is 202 g/mol. The Morgan fingerprint density at radius 3 is 2.07 bits per heavy atom. The van der Waals surface area contributed by atoms with Crippen LogP contribution in [0.15, 0.2) is 0 Å². The monoisotopic (exact) mass is 202 g/mol. The molecule has 0 aromatic heterocycles. The molecule has 14 heavy (non-hydrogen) atoms. The van der Waals surface area contributed by atoms with Crippen LogP contribution in [0.5, 0.6) is 0 Å². The van der Waals surface area contributed by atoms with E-state index in [1.54, 1.807) is 0 Å². The van der Waals surface area contributed by atoms with Gasteiger partial charge >= 0.3 is 6.09 Å². The standard InChI is InChI=1S/C6H8N2O4.C2H6/c1-7-6(11)12-8-4(9)2-3-5(8)10;1-2/h2-3H2,1H3,(H,7,11);1-2H3. The Hall–Kier alpha value is -1.59. The van der Waals surface area contributed by atoms with E-state index in [1.807, 2.05) is 13.8 Å². The zero-order valence-electron chi connectivity index (χ0n) is 8.49. The molecule has 80 valence electrons. The molecule has 6 nitrogen and oxygen atoms in total. The number of hydrogen-bond donors (Lipinski definition) is 1. The van der Waals surface area contributed by atoms with Crippen molar-refractivity contribution in [2.45, 2.75) is 26.7 Å². The Morgan fingerprint density at radius 2 is 1.71 bits per heavy atom. The van der Waals surface area contributed by atoms with Gasteiger partial charge in [-0.2, -0.15) is 0 Å². The van der Waals surface area contributed by atoms with Crippen molar-refractivity contribution in [1.82, 2.24) is 10.4 Å². The van der Waals surface area contributed by atoms with Crippen LogP contribution in [0.1, 0.15) is 26.7 Å². The molecule has 1 fully saturated rings. The molecule has 3 amide bonds. The fraction of sp³-hybridized carbons (Fsp3) is 0.625. The molecule has 1 rings (SSSR count). The van der Waals surface area contributed by atoms with Gasteiger partial charge in [0, 0.05) is 19.9 Å². The summed E-state index contributed by atoms with van der Waals surface area (Å²) >= 11 is 0. The summed E-state index contributed by atoms with van der Waals surface area (Å²) in [7, 11) is 1.34. The van der Waals surface area contributed by atoms with E-state index in [4.69, 9.17) is 0 Å². The molecule has 1 saturated heterocycles. The lowest BCUT2D eigenvalue weighted by molar-refractivity contribution is -0.171. The molecule has 0 bridgehead atoms. The van der Waals surface area contributed by atoms with E-state index >= 15 is 0 Å². The Morgan fingerprint density at radius 1 is 1.29 bits per heavy atom. The van der Waals surface area contributed by atoms with E-state index in [1.165, 1.54) is 7.05 Å². The van der Waals surface area contributed by atoms with Crippen molar-refractivity contribution in [2.75, 3.05) is 7.05 Å². The number of nitrogens with zero attached hydrogens (tertiary/aromatic N) is 1. The van der Waals surface area contributed by atoms with Crippen molar-refractivity contribution in [2.24, 2.45) is 0 Å². The van der Waals surface area contributed by atoms with Crippen LogP contribution >= 0.6 is 0 Å². The van der Waals surface area contributed by atoms with Crippen molar-refractivity contribution >= 4 is 17.9 Å². The van der Waals surface area contributed by atoms with Gasteiger partial charge in [0.1, 0.15) is 0 Å². The van der Waals surface area contributed by atoms with Crippen LogP contribution in [-0.2, 0) is 14.4 Å². The molecule has 0 atom stereocenters. The minimum atomic E-state index is -0.821. The molecule has 0 spiro atoms. The lowest BCUT2D eigenvalue weighted by Crippen LogP contribution is -2.35. The Balaban J connectivity index is 0.000000791. The molecule has 0 saturated carbocycles. The molecule has 1 aliphatic rings. The van der Waals surface area contributed by atoms with Crippen LogP contribution in [-0.4, -0.2) is 30.0 Å². The Labute approximate surface area is 82.2 Å². The highest BCUT2D eigenvalue weighted by Crippen LogP contribution is 2.11. The van der Waals surface area contributed by atoms with Crippen LogP contribution in [0.4, 0.5) is 4.79 Å². The first-order chi connectivity index (χ1) is 6.65. The van der Waals surface area contributed by atoms with E-state index in [-0.39, 0.29) is 12.8 Å². The number of carbonyl (C=O) groups excluding carboxylic acids is 3. The minimum absolute atomic E-state index is 0.107. The molecule has 0 aromatic rings. The minimum Gasteiger partial charge on any atom is -0.323 e. The maximum atomic E-state index is 10.8. The van der Waals surface area contributed by atoms with Crippen molar-refractivity contribution in [3.8, 4) is 0 Å². The third kappa shape index (κ3) is 3.04. The fourth-order valence-corrected chi connectivity index (χ4v) is 0.786. The molecular formula is C8H14N2O4. The third-order valence-corrected chi connectivity index (χ3v) is 1.38. The van der Waals surface area contributed by atoms with E-state index in [2.05, 4.69) is 10.2 Å². The molecule has 1 N–H and O–H groups in total. The van der Waals surface area contributed by atoms with Gasteiger partial charge in [0.25, 0.3) is 11.8 Å². The van der Waals surface area contributed by atoms with E-state index in [9.17, 15) is 14.4 Å². The van der Waals surface area contributed by atoms with Crippen molar-refractivity contribution in [1.29, 1.82) is 0 Å². The number of hydroxylamine groups is 2. The smallest absolute Gasteiger partial charge is 0.323 e. The predicted octanol–water partition coefficient (Wildman–Crippen LogP) is 0.433. The molecule has 0 aliphatic carbocycles. The van der Waals surface area contributed by atoms with Gasteiger partial charge in [0.2, 0.25) is 0 Å². The van der Waals surface area contributed by atoms with Crippen LogP contribution in [0, 0.1) is 0 Å². The Kier molecular flexibility index (Phi) is 5.28. The van der Waals surface area contributed by atoms with Crippen LogP contribution in [0.25, 0.3) is 0 Å². The fourth-order valence-electron chi connectivity index (χ4n) is 0.786. The predicted molar refractivity (Wildman–Crippen MR) is 48.0 cm³/mol. The third-order valence-electron chi connectivity index (χ3n) is 1.38. The SMILES string of the molecule is CC.CNC(=O)ON1C(=O)CCC1=O. The number of imide groups is 1. The van der Waals surface area contributed by atoms with E-state index in [0.29, 0.717) is 5.06 Å². The van der Waals surface area contributed by atoms with Crippen LogP contribution in [0.3, 0.4) is 0 Å². The van der Waals surface area contributed by atoms with E-state index < -0.39 is 17.9 Å². The van der Waals surface area contributed by atoms with Gasteiger partial charge in [-0.25, -0.2) is 4.79 Å². The van der Waals surface area contributed by atoms with E-state index in [0.717, 1.165) is 0 Å². The van der Waals surface area contributed by atoms with Gasteiger partial charge in [-0.3, -0.25) is 9.59 Å². The van der Waals surface area contributed by atoms with Crippen molar-refractivity contribution < 1.29 is 19.2 Å². The number of carbonyl (C=O) groups is 3. The highest BCUT2D eigenvalue weighted by molar-refractivity contribution is 6.01. The first-order valence-corrected chi connectivity index (χ1v) is 4.40. The molecule has 0 aromatic carbocycles. The maximum Gasteiger partial charge on any atom is 0.431 e. The lowest BCUT2D eigenvalue weighted by atomic mass is 10.4. The number of nitrogens with one attached hydrogen (secondary N) is 1. The van der Waals surface area contributed by atoms with Crippen LogP contribution in [0.2, 0.25) is 0 Å². The molecule has 6 heteroatoms. The van der Waals surface area contributed by atoms with Crippen LogP contribution < -0.4 is 5.32 Å². The van der Waals surface area contributed by atoms with Gasteiger partial charge in [-0.15, -0.1) is 5.06 Å². The number of amides is 3. The highest BCUT2D eigenvalue weighted by atomic mass is 16.7. The first kappa shape index (κ1) is 12.4. The quantitative estimate of drug-likeness (QED) is 0.626. The van der Waals surface area contributed by atoms with Gasteiger partial charge in [0.15, 0.2) is 0 Å². The second kappa shape index (κ2) is 5.95. The molecule has 0 unspecified atom stereocenters. The molecule has 1 heterocycles. The van der Waals surface area contributed by atoms with Gasteiger partial charge < -0.3 is 10.2 Å². The normalized spacial score (nSPS) is 14.6. The highest BCUT2D eigenvalue weighted by Gasteiger charge is 2.32. The average Bonchev–Trinajstić information content (AvgIpc) is 2.52. The zero-order chi connectivity index (χ0) is 11.1. The Bertz CT molecular complexity index is 223. The largest absolute Gasteiger partial charge is 0.431 e. The van der Waals surface area contributed by atoms with Crippen molar-refractivity contribution in [3.63, 3.8) is 0 Å². The molecular weight excluding hydrogens is 188 g/mol. The lowest BCUT2D eigenvalue weighted by Gasteiger charge is -2.11. The van der Waals surface area contributed by atoms with Crippen molar-refractivity contribution in [3.05, 3.63) is 0 Å². The summed E-state index contributed by atoms with van der Waals surface area (Å²) in [6.07, 6.45) is -0.607. The summed E-state index contributed by atoms with van der Waals surface area (Å²) < 4.78 is 0. The summed E-state index contributed by atoms with van der Waals surface area (Å²) in [6, 6.07) is 0. The summed E-state index contributed by atoms with van der Waals surface area (Å²) in [4.78, 5) is 36.6. The maximum absolute atomic E-state index is 10.8. The first-order valence-electron chi connectivity index (χ1n) is 4.40. The number of rotatable bonds is 1. The topological polar surface area (TPSA) is 75.7 Å². The van der Waals surface area contributed by atoms with Gasteiger partial charge in [0.05, 0.1) is 0 Å². The molecule has 1 aliphatic heterocycles. The van der Waals surface area contributed by atoms with Gasteiger partial charge in [-0.1, -0.05) is 13.8 Å². The second-order valence-corrected chi connectivity index (χ2v) is 2.21. The van der Waals surface area contributed by atoms with Gasteiger partial charge in [-0.05, 0) is 0 Å². The summed E-state index contributed by atoms with van der Waals surface area (Å²) in [5.74, 6) is -0.966. The second-order valence-electron chi connectivity index (χ2n) is 2.21. The number of hydrogen-bond acceptors (Lipinski definition) is 4. The summed E-state index contributed by atoms with van der Waals surface area (Å²) in [5.41, 5.74) is 0. The zero-order valence-corrected chi connectivity index (χ0v) is 8.49.